The lowest BCUT2D eigenvalue weighted by Gasteiger charge is -2.08. The zero-order valence-electron chi connectivity index (χ0n) is 10.2. The molecule has 0 unspecified atom stereocenters. The topological polar surface area (TPSA) is 49.8 Å². The van der Waals surface area contributed by atoms with Gasteiger partial charge in [0.05, 0.1) is 6.20 Å². The first-order valence-corrected chi connectivity index (χ1v) is 6.67. The number of anilines is 2. The molecule has 2 N–H and O–H groups in total. The van der Waals surface area contributed by atoms with Gasteiger partial charge < -0.3 is 10.6 Å². The van der Waals surface area contributed by atoms with Gasteiger partial charge in [0, 0.05) is 13.1 Å². The number of hydrogen-bond acceptors (Lipinski definition) is 4. The van der Waals surface area contributed by atoms with E-state index in [0.717, 1.165) is 24.8 Å². The minimum Gasteiger partial charge on any atom is -0.369 e. The van der Waals surface area contributed by atoms with Crippen molar-refractivity contribution in [2.24, 2.45) is 5.92 Å². The molecule has 4 nitrogen and oxygen atoms in total. The largest absolute Gasteiger partial charge is 0.369 e. The van der Waals surface area contributed by atoms with Gasteiger partial charge in [-0.2, -0.15) is 4.98 Å². The lowest BCUT2D eigenvalue weighted by molar-refractivity contribution is 0.686. The van der Waals surface area contributed by atoms with Crippen LogP contribution in [0, 0.1) is 5.92 Å². The average molecular weight is 255 g/mol. The van der Waals surface area contributed by atoms with Crippen molar-refractivity contribution in [3.05, 3.63) is 11.2 Å². The molecule has 0 saturated heterocycles. The van der Waals surface area contributed by atoms with Crippen LogP contribution in [-0.4, -0.2) is 23.1 Å². The Morgan fingerprint density at radius 2 is 2.24 bits per heavy atom. The smallest absolute Gasteiger partial charge is 0.224 e. The molecule has 1 aliphatic rings. The third kappa shape index (κ3) is 4.04. The standard InChI is InChI=1S/C12H19ClN4/c1-2-14-12-16-8-10(13)11(17-12)15-7-3-4-9-5-6-9/h8-9H,2-7H2,1H3,(H2,14,15,16,17). The summed E-state index contributed by atoms with van der Waals surface area (Å²) in [5, 5.41) is 6.93. The Morgan fingerprint density at radius 1 is 1.41 bits per heavy atom. The fourth-order valence-electron chi connectivity index (χ4n) is 1.74. The minimum atomic E-state index is 0.582. The molecule has 0 radical (unpaired) electrons. The quantitative estimate of drug-likeness (QED) is 0.734. The maximum absolute atomic E-state index is 6.03. The van der Waals surface area contributed by atoms with Crippen LogP contribution in [0.1, 0.15) is 32.6 Å². The van der Waals surface area contributed by atoms with Gasteiger partial charge in [0.25, 0.3) is 0 Å². The summed E-state index contributed by atoms with van der Waals surface area (Å²) in [5.41, 5.74) is 0. The van der Waals surface area contributed by atoms with Gasteiger partial charge in [-0.15, -0.1) is 0 Å². The van der Waals surface area contributed by atoms with Gasteiger partial charge in [0.15, 0.2) is 0 Å². The van der Waals surface area contributed by atoms with Crippen LogP contribution in [-0.2, 0) is 0 Å². The van der Waals surface area contributed by atoms with Crippen LogP contribution in [0.3, 0.4) is 0 Å². The number of aromatic nitrogens is 2. The van der Waals surface area contributed by atoms with Gasteiger partial charge in [-0.1, -0.05) is 24.4 Å². The van der Waals surface area contributed by atoms with Gasteiger partial charge in [0.2, 0.25) is 5.95 Å². The predicted molar refractivity (Wildman–Crippen MR) is 71.7 cm³/mol. The van der Waals surface area contributed by atoms with Gasteiger partial charge in [-0.05, 0) is 25.7 Å². The van der Waals surface area contributed by atoms with E-state index >= 15 is 0 Å². The van der Waals surface area contributed by atoms with E-state index in [-0.39, 0.29) is 0 Å². The SMILES string of the molecule is CCNc1ncc(Cl)c(NCCCC2CC2)n1. The summed E-state index contributed by atoms with van der Waals surface area (Å²) in [6, 6.07) is 0. The summed E-state index contributed by atoms with van der Waals surface area (Å²) >= 11 is 6.03. The Balaban J connectivity index is 1.81. The highest BCUT2D eigenvalue weighted by Crippen LogP contribution is 2.33. The van der Waals surface area contributed by atoms with E-state index in [1.165, 1.54) is 25.7 Å². The van der Waals surface area contributed by atoms with Crippen LogP contribution in [0.5, 0.6) is 0 Å². The Morgan fingerprint density at radius 3 is 2.94 bits per heavy atom. The van der Waals surface area contributed by atoms with Gasteiger partial charge >= 0.3 is 0 Å². The molecule has 1 saturated carbocycles. The lowest BCUT2D eigenvalue weighted by atomic mass is 10.2. The lowest BCUT2D eigenvalue weighted by Crippen LogP contribution is -2.08. The number of halogens is 1. The molecule has 1 fully saturated rings. The second kappa shape index (κ2) is 6.05. The third-order valence-electron chi connectivity index (χ3n) is 2.86. The third-order valence-corrected chi connectivity index (χ3v) is 3.13. The molecule has 0 aromatic carbocycles. The summed E-state index contributed by atoms with van der Waals surface area (Å²) in [7, 11) is 0. The maximum Gasteiger partial charge on any atom is 0.224 e. The second-order valence-corrected chi connectivity index (χ2v) is 4.84. The van der Waals surface area contributed by atoms with Gasteiger partial charge in [-0.3, -0.25) is 0 Å². The average Bonchev–Trinajstić information content (AvgIpc) is 3.13. The molecule has 17 heavy (non-hydrogen) atoms. The highest BCUT2D eigenvalue weighted by molar-refractivity contribution is 6.32. The normalized spacial score (nSPS) is 14.7. The Labute approximate surface area is 107 Å². The maximum atomic E-state index is 6.03. The van der Waals surface area contributed by atoms with Crippen LogP contribution in [0.15, 0.2) is 6.20 Å². The molecular formula is C12H19ClN4. The Kier molecular flexibility index (Phi) is 4.42. The van der Waals surface area contributed by atoms with E-state index in [4.69, 9.17) is 11.6 Å². The van der Waals surface area contributed by atoms with Crippen LogP contribution in [0.4, 0.5) is 11.8 Å². The zero-order valence-corrected chi connectivity index (χ0v) is 10.9. The van der Waals surface area contributed by atoms with Crippen LogP contribution in [0.25, 0.3) is 0 Å². The molecule has 0 bridgehead atoms. The number of nitrogens with zero attached hydrogens (tertiary/aromatic N) is 2. The van der Waals surface area contributed by atoms with Crippen LogP contribution >= 0.6 is 11.6 Å². The first-order chi connectivity index (χ1) is 8.29. The number of rotatable bonds is 7. The molecule has 1 aliphatic carbocycles. The summed E-state index contributed by atoms with van der Waals surface area (Å²) in [4.78, 5) is 8.43. The van der Waals surface area contributed by atoms with E-state index in [1.54, 1.807) is 6.20 Å². The molecule has 0 spiro atoms. The molecule has 0 atom stereocenters. The van der Waals surface area contributed by atoms with Crippen molar-refractivity contribution in [2.75, 3.05) is 23.7 Å². The molecule has 5 heteroatoms. The van der Waals surface area contributed by atoms with Crippen molar-refractivity contribution < 1.29 is 0 Å². The fraction of sp³-hybridized carbons (Fsp3) is 0.667. The first-order valence-electron chi connectivity index (χ1n) is 6.30. The zero-order chi connectivity index (χ0) is 12.1. The first kappa shape index (κ1) is 12.4. The Bertz CT molecular complexity index is 366. The molecular weight excluding hydrogens is 236 g/mol. The minimum absolute atomic E-state index is 0.582. The summed E-state index contributed by atoms with van der Waals surface area (Å²) < 4.78 is 0. The number of nitrogens with one attached hydrogen (secondary N) is 2. The van der Waals surface area contributed by atoms with E-state index in [2.05, 4.69) is 20.6 Å². The van der Waals surface area contributed by atoms with Crippen molar-refractivity contribution in [3.63, 3.8) is 0 Å². The fourth-order valence-corrected chi connectivity index (χ4v) is 1.90. The van der Waals surface area contributed by atoms with Crippen LogP contribution in [0.2, 0.25) is 5.02 Å². The summed E-state index contributed by atoms with van der Waals surface area (Å²) in [5.74, 6) is 2.34. The molecule has 0 aliphatic heterocycles. The molecule has 1 aromatic heterocycles. The number of hydrogen-bond donors (Lipinski definition) is 2. The molecule has 1 aromatic rings. The van der Waals surface area contributed by atoms with Crippen molar-refractivity contribution in [1.82, 2.24) is 9.97 Å². The monoisotopic (exact) mass is 254 g/mol. The van der Waals surface area contributed by atoms with Crippen molar-refractivity contribution in [1.29, 1.82) is 0 Å². The van der Waals surface area contributed by atoms with Crippen LogP contribution < -0.4 is 10.6 Å². The van der Waals surface area contributed by atoms with E-state index < -0.39 is 0 Å². The second-order valence-electron chi connectivity index (χ2n) is 4.43. The van der Waals surface area contributed by atoms with Gasteiger partial charge in [-0.25, -0.2) is 4.98 Å². The Hall–Kier alpha value is -1.03. The molecule has 0 amide bonds. The van der Waals surface area contributed by atoms with Crippen molar-refractivity contribution in [3.8, 4) is 0 Å². The summed E-state index contributed by atoms with van der Waals surface area (Å²) in [6.07, 6.45) is 6.96. The molecule has 2 rings (SSSR count). The summed E-state index contributed by atoms with van der Waals surface area (Å²) in [6.45, 7) is 3.75. The van der Waals surface area contributed by atoms with E-state index in [0.29, 0.717) is 11.0 Å². The van der Waals surface area contributed by atoms with E-state index in [9.17, 15) is 0 Å². The molecule has 94 valence electrons. The predicted octanol–water partition coefficient (Wildman–Crippen LogP) is 3.16. The van der Waals surface area contributed by atoms with Crippen molar-refractivity contribution >= 4 is 23.4 Å². The van der Waals surface area contributed by atoms with Crippen molar-refractivity contribution in [2.45, 2.75) is 32.6 Å². The van der Waals surface area contributed by atoms with Gasteiger partial charge in [0.1, 0.15) is 10.8 Å². The molecule has 1 heterocycles. The highest BCUT2D eigenvalue weighted by Gasteiger charge is 2.20. The van der Waals surface area contributed by atoms with E-state index in [1.807, 2.05) is 6.92 Å². The highest BCUT2D eigenvalue weighted by atomic mass is 35.5.